The van der Waals surface area contributed by atoms with Crippen molar-refractivity contribution in [3.05, 3.63) is 70.8 Å². The highest BCUT2D eigenvalue weighted by atomic mass is 16.2. The number of amides is 4. The van der Waals surface area contributed by atoms with Crippen LogP contribution in [0.2, 0.25) is 0 Å². The minimum atomic E-state index is -0.218. The Bertz CT molecular complexity index is 961. The second kappa shape index (κ2) is 10.3. The van der Waals surface area contributed by atoms with E-state index in [1.165, 1.54) is 9.80 Å². The summed E-state index contributed by atoms with van der Waals surface area (Å²) in [6.45, 7) is 3.85. The molecule has 7 heteroatoms. The molecule has 0 spiro atoms. The van der Waals surface area contributed by atoms with Crippen LogP contribution in [0.5, 0.6) is 0 Å². The SMILES string of the molecule is CCCN(C)C(CCCN1C(=O)c2ccccc2C1=O)CCCN1C(=O)c2ccccc2C1=O. The van der Waals surface area contributed by atoms with E-state index in [1.54, 1.807) is 48.5 Å². The van der Waals surface area contributed by atoms with Gasteiger partial charge < -0.3 is 4.90 Å². The van der Waals surface area contributed by atoms with Crippen LogP contribution >= 0.6 is 0 Å². The molecular formula is C27H31N3O4. The Labute approximate surface area is 200 Å². The Kier molecular flexibility index (Phi) is 7.22. The number of imide groups is 2. The summed E-state index contributed by atoms with van der Waals surface area (Å²) in [4.78, 5) is 55.5. The van der Waals surface area contributed by atoms with E-state index in [9.17, 15) is 19.2 Å². The first-order chi connectivity index (χ1) is 16.4. The van der Waals surface area contributed by atoms with Gasteiger partial charge in [0, 0.05) is 19.1 Å². The highest BCUT2D eigenvalue weighted by molar-refractivity contribution is 6.22. The molecule has 34 heavy (non-hydrogen) atoms. The number of hydrogen-bond donors (Lipinski definition) is 0. The second-order valence-electron chi connectivity index (χ2n) is 9.03. The Morgan fingerprint density at radius 3 is 1.35 bits per heavy atom. The molecule has 0 radical (unpaired) electrons. The van der Waals surface area contributed by atoms with Crippen molar-refractivity contribution in [3.63, 3.8) is 0 Å². The number of benzene rings is 2. The molecule has 0 bridgehead atoms. The van der Waals surface area contributed by atoms with Gasteiger partial charge in [-0.3, -0.25) is 29.0 Å². The molecular weight excluding hydrogens is 430 g/mol. The Morgan fingerprint density at radius 2 is 1.03 bits per heavy atom. The normalized spacial score (nSPS) is 15.2. The standard InChI is InChI=1S/C27H31N3O4/c1-3-16-28(2)19(10-8-17-29-24(31)20-12-4-5-13-21(20)25(29)32)11-9-18-30-26(33)22-14-6-7-15-23(22)27(30)34/h4-7,12-15,19H,3,8-11,16-18H2,1-2H3. The topological polar surface area (TPSA) is 78.0 Å². The Morgan fingerprint density at radius 1 is 0.676 bits per heavy atom. The average Bonchev–Trinajstić information content (AvgIpc) is 3.23. The molecule has 0 aliphatic carbocycles. The van der Waals surface area contributed by atoms with E-state index in [2.05, 4.69) is 18.9 Å². The third-order valence-corrected chi connectivity index (χ3v) is 6.79. The van der Waals surface area contributed by atoms with Crippen LogP contribution in [-0.2, 0) is 0 Å². The van der Waals surface area contributed by atoms with Crippen LogP contribution in [0.3, 0.4) is 0 Å². The fourth-order valence-corrected chi connectivity index (χ4v) is 4.97. The van der Waals surface area contributed by atoms with Gasteiger partial charge in [0.05, 0.1) is 22.3 Å². The number of nitrogens with zero attached hydrogens (tertiary/aromatic N) is 3. The molecule has 2 aliphatic heterocycles. The van der Waals surface area contributed by atoms with Crippen molar-refractivity contribution in [2.24, 2.45) is 0 Å². The average molecular weight is 462 g/mol. The summed E-state index contributed by atoms with van der Waals surface area (Å²) in [6, 6.07) is 14.1. The maximum absolute atomic E-state index is 12.6. The lowest BCUT2D eigenvalue weighted by atomic mass is 10.0. The smallest absolute Gasteiger partial charge is 0.261 e. The van der Waals surface area contributed by atoms with Crippen LogP contribution in [0.4, 0.5) is 0 Å². The van der Waals surface area contributed by atoms with E-state index in [-0.39, 0.29) is 29.7 Å². The Hall–Kier alpha value is -3.32. The van der Waals surface area contributed by atoms with Crippen LogP contribution in [0, 0.1) is 0 Å². The zero-order valence-electron chi connectivity index (χ0n) is 19.8. The van der Waals surface area contributed by atoms with Crippen molar-refractivity contribution in [2.45, 2.75) is 45.1 Å². The number of hydrogen-bond acceptors (Lipinski definition) is 5. The van der Waals surface area contributed by atoms with Gasteiger partial charge in [-0.15, -0.1) is 0 Å². The van der Waals surface area contributed by atoms with Crippen molar-refractivity contribution in [1.29, 1.82) is 0 Å². The lowest BCUT2D eigenvalue weighted by Crippen LogP contribution is -2.36. The fourth-order valence-electron chi connectivity index (χ4n) is 4.97. The molecule has 0 unspecified atom stereocenters. The van der Waals surface area contributed by atoms with Gasteiger partial charge >= 0.3 is 0 Å². The van der Waals surface area contributed by atoms with Gasteiger partial charge in [-0.25, -0.2) is 0 Å². The van der Waals surface area contributed by atoms with Gasteiger partial charge in [0.1, 0.15) is 0 Å². The van der Waals surface area contributed by atoms with Crippen molar-refractivity contribution in [1.82, 2.24) is 14.7 Å². The highest BCUT2D eigenvalue weighted by Crippen LogP contribution is 2.25. The molecule has 178 valence electrons. The molecule has 0 atom stereocenters. The lowest BCUT2D eigenvalue weighted by molar-refractivity contribution is 0.0639. The molecule has 2 aromatic carbocycles. The van der Waals surface area contributed by atoms with E-state index in [4.69, 9.17) is 0 Å². The summed E-state index contributed by atoms with van der Waals surface area (Å²) in [5.74, 6) is -0.872. The van der Waals surface area contributed by atoms with E-state index >= 15 is 0 Å². The minimum absolute atomic E-state index is 0.218. The fraction of sp³-hybridized carbons (Fsp3) is 0.407. The highest BCUT2D eigenvalue weighted by Gasteiger charge is 2.36. The molecule has 0 fully saturated rings. The molecule has 2 heterocycles. The van der Waals surface area contributed by atoms with Gasteiger partial charge in [-0.2, -0.15) is 0 Å². The summed E-state index contributed by atoms with van der Waals surface area (Å²) < 4.78 is 0. The summed E-state index contributed by atoms with van der Waals surface area (Å²) in [5, 5.41) is 0. The minimum Gasteiger partial charge on any atom is -0.303 e. The predicted octanol–water partition coefficient (Wildman–Crippen LogP) is 3.85. The Balaban J connectivity index is 1.31. The molecule has 2 aromatic rings. The van der Waals surface area contributed by atoms with E-state index in [1.807, 2.05) is 0 Å². The third-order valence-electron chi connectivity index (χ3n) is 6.79. The van der Waals surface area contributed by atoms with Crippen LogP contribution in [0.1, 0.15) is 80.5 Å². The molecule has 0 N–H and O–H groups in total. The molecule has 2 aliphatic rings. The van der Waals surface area contributed by atoms with Gasteiger partial charge in [-0.1, -0.05) is 31.2 Å². The van der Waals surface area contributed by atoms with Crippen LogP contribution in [0.15, 0.2) is 48.5 Å². The van der Waals surface area contributed by atoms with Gasteiger partial charge in [0.2, 0.25) is 0 Å². The molecule has 7 nitrogen and oxygen atoms in total. The first-order valence-electron chi connectivity index (χ1n) is 12.0. The lowest BCUT2D eigenvalue weighted by Gasteiger charge is -2.29. The molecule has 4 rings (SSSR count). The van der Waals surface area contributed by atoms with E-state index < -0.39 is 0 Å². The van der Waals surface area contributed by atoms with Crippen molar-refractivity contribution in [3.8, 4) is 0 Å². The second-order valence-corrected chi connectivity index (χ2v) is 9.03. The van der Waals surface area contributed by atoms with Crippen molar-refractivity contribution < 1.29 is 19.2 Å². The first-order valence-corrected chi connectivity index (χ1v) is 12.0. The van der Waals surface area contributed by atoms with Gasteiger partial charge in [0.25, 0.3) is 23.6 Å². The monoisotopic (exact) mass is 461 g/mol. The van der Waals surface area contributed by atoms with E-state index in [0.29, 0.717) is 48.2 Å². The summed E-state index contributed by atoms with van der Waals surface area (Å²) in [6.07, 6.45) is 4.08. The predicted molar refractivity (Wildman–Crippen MR) is 129 cm³/mol. The van der Waals surface area contributed by atoms with Crippen LogP contribution < -0.4 is 0 Å². The number of fused-ring (bicyclic) bond motifs is 2. The molecule has 0 aromatic heterocycles. The summed E-state index contributed by atoms with van der Waals surface area (Å²) >= 11 is 0. The van der Waals surface area contributed by atoms with Gasteiger partial charge in [0.15, 0.2) is 0 Å². The maximum Gasteiger partial charge on any atom is 0.261 e. The number of carbonyl (C=O) groups is 4. The zero-order valence-corrected chi connectivity index (χ0v) is 19.8. The van der Waals surface area contributed by atoms with Crippen LogP contribution in [0.25, 0.3) is 0 Å². The third kappa shape index (κ3) is 4.53. The summed E-state index contributed by atoms with van der Waals surface area (Å²) in [7, 11) is 2.08. The zero-order chi connectivity index (χ0) is 24.2. The van der Waals surface area contributed by atoms with Gasteiger partial charge in [-0.05, 0) is 70.0 Å². The van der Waals surface area contributed by atoms with Crippen molar-refractivity contribution >= 4 is 23.6 Å². The summed E-state index contributed by atoms with van der Waals surface area (Å²) in [5.41, 5.74) is 1.92. The first kappa shape index (κ1) is 23.8. The molecule has 0 saturated heterocycles. The van der Waals surface area contributed by atoms with Crippen LogP contribution in [-0.4, -0.2) is 71.1 Å². The number of rotatable bonds is 11. The quantitative estimate of drug-likeness (QED) is 0.475. The molecule has 0 saturated carbocycles. The van der Waals surface area contributed by atoms with Crippen molar-refractivity contribution in [2.75, 3.05) is 26.7 Å². The molecule has 4 amide bonds. The van der Waals surface area contributed by atoms with E-state index in [0.717, 1.165) is 25.8 Å². The largest absolute Gasteiger partial charge is 0.303 e. The maximum atomic E-state index is 12.6. The number of carbonyl (C=O) groups excluding carboxylic acids is 4.